The summed E-state index contributed by atoms with van der Waals surface area (Å²) in [6, 6.07) is 0. The highest BCUT2D eigenvalue weighted by Gasteiger charge is 1.97. The predicted octanol–water partition coefficient (Wildman–Crippen LogP) is -0.424. The summed E-state index contributed by atoms with van der Waals surface area (Å²) in [6.45, 7) is 3.29. The minimum atomic E-state index is -0.568. The number of rotatable bonds is 2. The van der Waals surface area contributed by atoms with Crippen LogP contribution in [0.3, 0.4) is 0 Å². The summed E-state index contributed by atoms with van der Waals surface area (Å²) in [4.78, 5) is 0. The molecule has 0 aliphatic carbocycles. The van der Waals surface area contributed by atoms with E-state index in [1.54, 1.807) is 13.8 Å². The summed E-state index contributed by atoms with van der Waals surface area (Å²) in [5.74, 6) is 0. The van der Waals surface area contributed by atoms with E-state index in [9.17, 15) is 0 Å². The van der Waals surface area contributed by atoms with E-state index in [1.807, 2.05) is 0 Å². The fraction of sp³-hybridized carbons (Fsp3) is 0.600. The zero-order chi connectivity index (χ0) is 8.15. The standard InChI is InChI=1S/C5H11N3OS/c1-3(4(2)9)7-8-5(6)10/h4,9H,1-2H3,(H3,6,8,10)/b7-3+. The molecule has 10 heavy (non-hydrogen) atoms. The topological polar surface area (TPSA) is 70.6 Å². The summed E-state index contributed by atoms with van der Waals surface area (Å²) in [7, 11) is 0. The van der Waals surface area contributed by atoms with Crippen molar-refractivity contribution in [2.45, 2.75) is 20.0 Å². The maximum Gasteiger partial charge on any atom is 0.184 e. The van der Waals surface area contributed by atoms with Gasteiger partial charge in [-0.05, 0) is 26.1 Å². The highest BCUT2D eigenvalue weighted by atomic mass is 32.1. The third-order valence-corrected chi connectivity index (χ3v) is 1.04. The van der Waals surface area contributed by atoms with Crippen molar-refractivity contribution in [3.8, 4) is 0 Å². The third-order valence-electron chi connectivity index (χ3n) is 0.947. The maximum atomic E-state index is 8.88. The first-order chi connectivity index (χ1) is 4.54. The number of hydrogen-bond donors (Lipinski definition) is 3. The Hall–Kier alpha value is -0.680. The summed E-state index contributed by atoms with van der Waals surface area (Å²) in [5, 5.41) is 12.6. The van der Waals surface area contributed by atoms with Gasteiger partial charge in [-0.1, -0.05) is 0 Å². The van der Waals surface area contributed by atoms with Crippen LogP contribution >= 0.6 is 12.2 Å². The largest absolute Gasteiger partial charge is 0.387 e. The van der Waals surface area contributed by atoms with Crippen LogP contribution in [-0.2, 0) is 0 Å². The van der Waals surface area contributed by atoms with Gasteiger partial charge < -0.3 is 10.8 Å². The van der Waals surface area contributed by atoms with Gasteiger partial charge in [-0.2, -0.15) is 5.10 Å². The summed E-state index contributed by atoms with van der Waals surface area (Å²) in [5.41, 5.74) is 7.99. The molecule has 1 unspecified atom stereocenters. The quantitative estimate of drug-likeness (QED) is 0.292. The van der Waals surface area contributed by atoms with E-state index in [1.165, 1.54) is 0 Å². The molecule has 0 aliphatic heterocycles. The van der Waals surface area contributed by atoms with Crippen molar-refractivity contribution < 1.29 is 5.11 Å². The van der Waals surface area contributed by atoms with Gasteiger partial charge in [0.2, 0.25) is 0 Å². The lowest BCUT2D eigenvalue weighted by molar-refractivity contribution is 0.261. The Morgan fingerprint density at radius 1 is 1.80 bits per heavy atom. The second-order valence-corrected chi connectivity index (χ2v) is 2.35. The molecule has 0 aliphatic rings. The fourth-order valence-electron chi connectivity index (χ4n) is 0.237. The summed E-state index contributed by atoms with van der Waals surface area (Å²) >= 11 is 4.48. The van der Waals surface area contributed by atoms with Crippen molar-refractivity contribution in [2.75, 3.05) is 0 Å². The molecule has 0 fully saturated rings. The van der Waals surface area contributed by atoms with Gasteiger partial charge >= 0.3 is 0 Å². The molecule has 0 heterocycles. The van der Waals surface area contributed by atoms with Gasteiger partial charge in [0.25, 0.3) is 0 Å². The van der Waals surface area contributed by atoms with Gasteiger partial charge in [0.1, 0.15) is 0 Å². The van der Waals surface area contributed by atoms with Crippen LogP contribution in [0.4, 0.5) is 0 Å². The molecular weight excluding hydrogens is 150 g/mol. The van der Waals surface area contributed by atoms with Crippen LogP contribution in [0.15, 0.2) is 5.10 Å². The molecule has 5 heteroatoms. The van der Waals surface area contributed by atoms with Crippen molar-refractivity contribution >= 4 is 23.0 Å². The molecule has 0 aromatic rings. The first-order valence-electron chi connectivity index (χ1n) is 2.81. The van der Waals surface area contributed by atoms with E-state index in [-0.39, 0.29) is 5.11 Å². The Balaban J connectivity index is 3.80. The lowest BCUT2D eigenvalue weighted by Crippen LogP contribution is -2.27. The minimum absolute atomic E-state index is 0.0972. The Morgan fingerprint density at radius 2 is 2.30 bits per heavy atom. The SMILES string of the molecule is C/C(=N\NC(N)=S)C(C)O. The molecular formula is C5H11N3OS. The molecule has 0 saturated carbocycles. The van der Waals surface area contributed by atoms with Crippen molar-refractivity contribution in [1.82, 2.24) is 5.43 Å². The van der Waals surface area contributed by atoms with Crippen LogP contribution in [0, 0.1) is 0 Å². The highest BCUT2D eigenvalue weighted by molar-refractivity contribution is 7.80. The monoisotopic (exact) mass is 161 g/mol. The first kappa shape index (κ1) is 9.32. The van der Waals surface area contributed by atoms with Crippen LogP contribution in [0.2, 0.25) is 0 Å². The van der Waals surface area contributed by atoms with Gasteiger partial charge in [0, 0.05) is 0 Å². The van der Waals surface area contributed by atoms with Crippen molar-refractivity contribution in [3.63, 3.8) is 0 Å². The number of hydrazone groups is 1. The van der Waals surface area contributed by atoms with E-state index in [0.29, 0.717) is 5.71 Å². The molecule has 0 amide bonds. The lowest BCUT2D eigenvalue weighted by atomic mass is 10.3. The van der Waals surface area contributed by atoms with E-state index < -0.39 is 6.10 Å². The number of nitrogens with one attached hydrogen (secondary N) is 1. The van der Waals surface area contributed by atoms with Gasteiger partial charge in [-0.3, -0.25) is 5.43 Å². The van der Waals surface area contributed by atoms with Crippen molar-refractivity contribution in [2.24, 2.45) is 10.8 Å². The van der Waals surface area contributed by atoms with Crippen LogP contribution in [0.25, 0.3) is 0 Å². The van der Waals surface area contributed by atoms with E-state index in [0.717, 1.165) is 0 Å². The predicted molar refractivity (Wildman–Crippen MR) is 44.7 cm³/mol. The third kappa shape index (κ3) is 4.22. The van der Waals surface area contributed by atoms with E-state index in [4.69, 9.17) is 10.8 Å². The molecule has 4 N–H and O–H groups in total. The molecule has 0 aromatic heterocycles. The van der Waals surface area contributed by atoms with Gasteiger partial charge in [-0.15, -0.1) is 0 Å². The molecule has 58 valence electrons. The van der Waals surface area contributed by atoms with E-state index >= 15 is 0 Å². The first-order valence-corrected chi connectivity index (χ1v) is 3.22. The van der Waals surface area contributed by atoms with Gasteiger partial charge in [-0.25, -0.2) is 0 Å². The maximum absolute atomic E-state index is 8.88. The van der Waals surface area contributed by atoms with Crippen molar-refractivity contribution in [3.05, 3.63) is 0 Å². The fourth-order valence-corrected chi connectivity index (χ4v) is 0.282. The Kier molecular flexibility index (Phi) is 3.90. The molecule has 0 rings (SSSR count). The average Bonchev–Trinajstić information content (AvgIpc) is 1.82. The molecule has 4 nitrogen and oxygen atoms in total. The molecule has 0 bridgehead atoms. The Morgan fingerprint density at radius 3 is 2.60 bits per heavy atom. The normalized spacial score (nSPS) is 14.5. The Labute approximate surface area is 65.1 Å². The van der Waals surface area contributed by atoms with E-state index in [2.05, 4.69) is 22.7 Å². The van der Waals surface area contributed by atoms with Crippen LogP contribution in [0.5, 0.6) is 0 Å². The van der Waals surface area contributed by atoms with Crippen molar-refractivity contribution in [1.29, 1.82) is 0 Å². The zero-order valence-electron chi connectivity index (χ0n) is 5.96. The average molecular weight is 161 g/mol. The molecule has 0 radical (unpaired) electrons. The number of aliphatic hydroxyl groups is 1. The molecule has 1 atom stereocenters. The van der Waals surface area contributed by atoms with Crippen LogP contribution in [-0.4, -0.2) is 22.0 Å². The number of nitrogens with zero attached hydrogens (tertiary/aromatic N) is 1. The number of nitrogens with two attached hydrogens (primary N) is 1. The molecule has 0 saturated heterocycles. The zero-order valence-corrected chi connectivity index (χ0v) is 6.77. The van der Waals surface area contributed by atoms with Gasteiger partial charge in [0.15, 0.2) is 5.11 Å². The van der Waals surface area contributed by atoms with Gasteiger partial charge in [0.05, 0.1) is 11.8 Å². The van der Waals surface area contributed by atoms with Crippen LogP contribution < -0.4 is 11.2 Å². The number of hydrogen-bond acceptors (Lipinski definition) is 3. The van der Waals surface area contributed by atoms with Crippen LogP contribution in [0.1, 0.15) is 13.8 Å². The second-order valence-electron chi connectivity index (χ2n) is 1.91. The molecule has 0 spiro atoms. The second kappa shape index (κ2) is 4.19. The Bertz CT molecular complexity index is 155. The number of thiocarbonyl (C=S) groups is 1. The summed E-state index contributed by atoms with van der Waals surface area (Å²) < 4.78 is 0. The highest BCUT2D eigenvalue weighted by Crippen LogP contribution is 1.83. The number of aliphatic hydroxyl groups excluding tert-OH is 1. The smallest absolute Gasteiger partial charge is 0.184 e. The molecule has 0 aromatic carbocycles. The summed E-state index contributed by atoms with van der Waals surface area (Å²) in [6.07, 6.45) is -0.568. The minimum Gasteiger partial charge on any atom is -0.387 e. The lowest BCUT2D eigenvalue weighted by Gasteiger charge is -2.02.